The molecule has 0 bridgehead atoms. The molecule has 1 aliphatic heterocycles. The van der Waals surface area contributed by atoms with E-state index in [1.54, 1.807) is 7.11 Å². The molecular weight excluding hydrogens is 266 g/mol. The summed E-state index contributed by atoms with van der Waals surface area (Å²) in [6.07, 6.45) is 2.11. The van der Waals surface area contributed by atoms with Crippen LogP contribution in [-0.2, 0) is 14.9 Å². The lowest BCUT2D eigenvalue weighted by atomic mass is 9.74. The molecule has 118 valence electrons. The van der Waals surface area contributed by atoms with Crippen LogP contribution in [0.1, 0.15) is 25.3 Å². The molecule has 1 heterocycles. The van der Waals surface area contributed by atoms with Gasteiger partial charge in [-0.1, -0.05) is 12.1 Å². The molecule has 0 saturated carbocycles. The van der Waals surface area contributed by atoms with Crippen LogP contribution in [0, 0.1) is 0 Å². The second-order valence-corrected chi connectivity index (χ2v) is 5.52. The minimum Gasteiger partial charge on any atom is -0.494 e. The first-order chi connectivity index (χ1) is 10.3. The van der Waals surface area contributed by atoms with Crippen LogP contribution in [0.5, 0.6) is 5.75 Å². The van der Waals surface area contributed by atoms with Crippen molar-refractivity contribution >= 4 is 0 Å². The quantitative estimate of drug-likeness (QED) is 0.747. The van der Waals surface area contributed by atoms with Crippen molar-refractivity contribution in [2.24, 2.45) is 0 Å². The van der Waals surface area contributed by atoms with Crippen LogP contribution in [0.4, 0.5) is 0 Å². The lowest BCUT2D eigenvalue weighted by Gasteiger charge is -2.38. The highest BCUT2D eigenvalue weighted by Gasteiger charge is 2.34. The molecule has 21 heavy (non-hydrogen) atoms. The molecule has 0 spiro atoms. The molecule has 1 saturated heterocycles. The van der Waals surface area contributed by atoms with Crippen LogP contribution in [0.15, 0.2) is 24.3 Å². The second-order valence-electron chi connectivity index (χ2n) is 5.52. The number of ether oxygens (including phenoxy) is 3. The first-order valence-electron chi connectivity index (χ1n) is 7.81. The first-order valence-corrected chi connectivity index (χ1v) is 7.81. The summed E-state index contributed by atoms with van der Waals surface area (Å²) < 4.78 is 16.2. The number of benzene rings is 1. The summed E-state index contributed by atoms with van der Waals surface area (Å²) in [6.45, 7) is 6.97. The van der Waals surface area contributed by atoms with Crippen LogP contribution in [0.3, 0.4) is 0 Å². The fourth-order valence-electron chi connectivity index (χ4n) is 2.90. The average Bonchev–Trinajstić information content (AvgIpc) is 2.54. The number of hydrogen-bond donors (Lipinski definition) is 1. The Morgan fingerprint density at radius 2 is 1.90 bits per heavy atom. The predicted octanol–water partition coefficient (Wildman–Crippen LogP) is 2.37. The molecule has 2 rings (SSSR count). The van der Waals surface area contributed by atoms with E-state index < -0.39 is 0 Å². The zero-order valence-corrected chi connectivity index (χ0v) is 13.2. The van der Waals surface area contributed by atoms with Gasteiger partial charge in [0.15, 0.2) is 0 Å². The molecule has 0 amide bonds. The second kappa shape index (κ2) is 8.37. The van der Waals surface area contributed by atoms with Crippen molar-refractivity contribution in [3.05, 3.63) is 29.8 Å². The van der Waals surface area contributed by atoms with Crippen molar-refractivity contribution in [1.29, 1.82) is 0 Å². The van der Waals surface area contributed by atoms with Crippen LogP contribution in [0.2, 0.25) is 0 Å². The number of rotatable bonds is 8. The predicted molar refractivity (Wildman–Crippen MR) is 84.1 cm³/mol. The monoisotopic (exact) mass is 293 g/mol. The normalized spacial score (nSPS) is 17.6. The summed E-state index contributed by atoms with van der Waals surface area (Å²) in [7, 11) is 1.73. The van der Waals surface area contributed by atoms with Gasteiger partial charge in [-0.25, -0.2) is 0 Å². The summed E-state index contributed by atoms with van der Waals surface area (Å²) in [4.78, 5) is 0. The maximum atomic E-state index is 5.56. The van der Waals surface area contributed by atoms with E-state index in [-0.39, 0.29) is 5.41 Å². The third kappa shape index (κ3) is 4.43. The molecule has 0 aliphatic carbocycles. The Kier molecular flexibility index (Phi) is 6.49. The van der Waals surface area contributed by atoms with Gasteiger partial charge in [0.1, 0.15) is 5.75 Å². The van der Waals surface area contributed by atoms with E-state index in [0.717, 1.165) is 51.5 Å². The lowest BCUT2D eigenvalue weighted by molar-refractivity contribution is 0.0492. The van der Waals surface area contributed by atoms with E-state index in [0.29, 0.717) is 6.61 Å². The van der Waals surface area contributed by atoms with Crippen molar-refractivity contribution in [1.82, 2.24) is 5.32 Å². The number of methoxy groups -OCH3 is 1. The van der Waals surface area contributed by atoms with Gasteiger partial charge < -0.3 is 19.5 Å². The maximum Gasteiger partial charge on any atom is 0.119 e. The fourth-order valence-corrected chi connectivity index (χ4v) is 2.90. The summed E-state index contributed by atoms with van der Waals surface area (Å²) in [5.41, 5.74) is 1.54. The Hall–Kier alpha value is -1.10. The minimum atomic E-state index is 0.163. The summed E-state index contributed by atoms with van der Waals surface area (Å²) in [6, 6.07) is 8.55. The van der Waals surface area contributed by atoms with Crippen molar-refractivity contribution < 1.29 is 14.2 Å². The standard InChI is InChI=1S/C17H27NO3/c1-3-21-16-6-4-15(5-7-16)17(8-11-20-12-9-17)14-18-10-13-19-2/h4-7,18H,3,8-14H2,1-2H3. The third-order valence-electron chi connectivity index (χ3n) is 4.17. The van der Waals surface area contributed by atoms with E-state index in [2.05, 4.69) is 29.6 Å². The van der Waals surface area contributed by atoms with E-state index in [9.17, 15) is 0 Å². The number of nitrogens with one attached hydrogen (secondary N) is 1. The summed E-state index contributed by atoms with van der Waals surface area (Å²) in [5.74, 6) is 0.941. The Morgan fingerprint density at radius 1 is 1.19 bits per heavy atom. The average molecular weight is 293 g/mol. The van der Waals surface area contributed by atoms with Gasteiger partial charge in [-0.05, 0) is 37.5 Å². The van der Waals surface area contributed by atoms with Gasteiger partial charge in [-0.15, -0.1) is 0 Å². The van der Waals surface area contributed by atoms with E-state index in [1.807, 2.05) is 6.92 Å². The SMILES string of the molecule is CCOc1ccc(C2(CNCCOC)CCOCC2)cc1. The fraction of sp³-hybridized carbons (Fsp3) is 0.647. The van der Waals surface area contributed by atoms with Gasteiger partial charge in [0, 0.05) is 38.8 Å². The zero-order valence-electron chi connectivity index (χ0n) is 13.2. The third-order valence-corrected chi connectivity index (χ3v) is 4.17. The van der Waals surface area contributed by atoms with E-state index in [1.165, 1.54) is 5.56 Å². The maximum absolute atomic E-state index is 5.56. The minimum absolute atomic E-state index is 0.163. The van der Waals surface area contributed by atoms with Crippen molar-refractivity contribution in [2.45, 2.75) is 25.2 Å². The summed E-state index contributed by atoms with van der Waals surface area (Å²) >= 11 is 0. The molecule has 0 radical (unpaired) electrons. The molecule has 1 aromatic rings. The molecule has 0 atom stereocenters. The molecule has 0 aromatic heterocycles. The Balaban J connectivity index is 2.06. The smallest absolute Gasteiger partial charge is 0.119 e. The molecular formula is C17H27NO3. The number of hydrogen-bond acceptors (Lipinski definition) is 4. The van der Waals surface area contributed by atoms with Gasteiger partial charge in [0.25, 0.3) is 0 Å². The molecule has 1 aliphatic rings. The van der Waals surface area contributed by atoms with E-state index in [4.69, 9.17) is 14.2 Å². The largest absolute Gasteiger partial charge is 0.494 e. The Bertz CT molecular complexity index is 399. The van der Waals surface area contributed by atoms with Crippen LogP contribution < -0.4 is 10.1 Å². The van der Waals surface area contributed by atoms with Crippen molar-refractivity contribution in [2.75, 3.05) is 46.6 Å². The van der Waals surface area contributed by atoms with Gasteiger partial charge in [0.2, 0.25) is 0 Å². The molecule has 4 nitrogen and oxygen atoms in total. The highest BCUT2D eigenvalue weighted by Crippen LogP contribution is 2.35. The molecule has 1 aromatic carbocycles. The van der Waals surface area contributed by atoms with E-state index >= 15 is 0 Å². The Labute approximate surface area is 127 Å². The molecule has 4 heteroatoms. The lowest BCUT2D eigenvalue weighted by Crippen LogP contribution is -2.43. The van der Waals surface area contributed by atoms with Crippen LogP contribution >= 0.6 is 0 Å². The van der Waals surface area contributed by atoms with Gasteiger partial charge in [-0.3, -0.25) is 0 Å². The molecule has 1 fully saturated rings. The topological polar surface area (TPSA) is 39.7 Å². The van der Waals surface area contributed by atoms with Crippen LogP contribution in [-0.4, -0.2) is 46.6 Å². The van der Waals surface area contributed by atoms with Gasteiger partial charge in [0.05, 0.1) is 13.2 Å². The van der Waals surface area contributed by atoms with Gasteiger partial charge >= 0.3 is 0 Å². The van der Waals surface area contributed by atoms with Crippen molar-refractivity contribution in [3.63, 3.8) is 0 Å². The zero-order chi connectivity index (χ0) is 15.0. The highest BCUT2D eigenvalue weighted by molar-refractivity contribution is 5.33. The van der Waals surface area contributed by atoms with Crippen molar-refractivity contribution in [3.8, 4) is 5.75 Å². The summed E-state index contributed by atoms with van der Waals surface area (Å²) in [5, 5.41) is 3.52. The van der Waals surface area contributed by atoms with Crippen LogP contribution in [0.25, 0.3) is 0 Å². The highest BCUT2D eigenvalue weighted by atomic mass is 16.5. The molecule has 1 N–H and O–H groups in total. The Morgan fingerprint density at radius 3 is 2.52 bits per heavy atom. The molecule has 0 unspecified atom stereocenters. The first kappa shape index (κ1) is 16.3. The van der Waals surface area contributed by atoms with Gasteiger partial charge in [-0.2, -0.15) is 0 Å².